The van der Waals surface area contributed by atoms with Crippen LogP contribution in [0.4, 0.5) is 0 Å². The third-order valence-electron chi connectivity index (χ3n) is 2.76. The van der Waals surface area contributed by atoms with Gasteiger partial charge in [-0.25, -0.2) is 0 Å². The van der Waals surface area contributed by atoms with E-state index in [-0.39, 0.29) is 0 Å². The number of hydrogen-bond donors (Lipinski definition) is 0. The average Bonchev–Trinajstić information content (AvgIpc) is 2.17. The van der Waals surface area contributed by atoms with E-state index in [4.69, 9.17) is 0 Å². The van der Waals surface area contributed by atoms with Crippen molar-refractivity contribution in [2.45, 2.75) is 47.0 Å². The quantitative estimate of drug-likeness (QED) is 0.665. The molecule has 0 radical (unpaired) electrons. The van der Waals surface area contributed by atoms with Crippen LogP contribution in [0.2, 0.25) is 0 Å². The molecule has 1 aromatic carbocycles. The van der Waals surface area contributed by atoms with Crippen molar-refractivity contribution in [3.05, 3.63) is 40.5 Å². The van der Waals surface area contributed by atoms with Gasteiger partial charge in [0.05, 0.1) is 0 Å². The molecule has 0 unspecified atom stereocenters. The summed E-state index contributed by atoms with van der Waals surface area (Å²) in [6, 6.07) is 4.56. The lowest BCUT2D eigenvalue weighted by molar-refractivity contribution is 0.962. The molecular weight excluding hydrogens is 180 g/mol. The first-order valence-electron chi connectivity index (χ1n) is 5.95. The van der Waals surface area contributed by atoms with Crippen LogP contribution < -0.4 is 0 Å². The van der Waals surface area contributed by atoms with E-state index in [2.05, 4.69) is 52.0 Å². The fourth-order valence-corrected chi connectivity index (χ4v) is 2.04. The molecule has 1 aromatic rings. The van der Waals surface area contributed by atoms with Gasteiger partial charge in [0.2, 0.25) is 0 Å². The van der Waals surface area contributed by atoms with Crippen LogP contribution in [0, 0.1) is 13.8 Å². The highest BCUT2D eigenvalue weighted by molar-refractivity contribution is 5.57. The normalized spacial score (nSPS) is 11.2. The van der Waals surface area contributed by atoms with Gasteiger partial charge in [-0.15, -0.1) is 0 Å². The second kappa shape index (κ2) is 5.75. The Kier molecular flexibility index (Phi) is 4.61. The zero-order valence-corrected chi connectivity index (χ0v) is 10.4. The molecule has 0 heteroatoms. The number of unbranched alkanes of at least 4 members (excludes halogenated alkanes) is 1. The topological polar surface area (TPSA) is 0 Å². The lowest BCUT2D eigenvalue weighted by Gasteiger charge is -2.09. The highest BCUT2D eigenvalue weighted by atomic mass is 14.1. The van der Waals surface area contributed by atoms with Crippen LogP contribution in [-0.4, -0.2) is 0 Å². The van der Waals surface area contributed by atoms with E-state index in [0.29, 0.717) is 0 Å². The average molecular weight is 202 g/mol. The molecule has 1 rings (SSSR count). The molecule has 0 amide bonds. The van der Waals surface area contributed by atoms with Crippen molar-refractivity contribution in [3.63, 3.8) is 0 Å². The highest BCUT2D eigenvalue weighted by Gasteiger charge is 2.02. The van der Waals surface area contributed by atoms with Crippen molar-refractivity contribution in [2.24, 2.45) is 0 Å². The Hall–Kier alpha value is -1.04. The van der Waals surface area contributed by atoms with Crippen LogP contribution in [-0.2, 0) is 6.42 Å². The molecule has 0 atom stereocenters. The lowest BCUT2D eigenvalue weighted by Crippen LogP contribution is -1.92. The zero-order chi connectivity index (χ0) is 11.3. The molecule has 0 bridgehead atoms. The van der Waals surface area contributed by atoms with E-state index in [9.17, 15) is 0 Å². The smallest absolute Gasteiger partial charge is 0.0223 e. The van der Waals surface area contributed by atoms with Gasteiger partial charge in [0.15, 0.2) is 0 Å². The predicted molar refractivity (Wildman–Crippen MR) is 69.2 cm³/mol. The molecule has 0 aliphatic rings. The molecule has 0 spiro atoms. The highest BCUT2D eigenvalue weighted by Crippen LogP contribution is 2.19. The van der Waals surface area contributed by atoms with Gasteiger partial charge >= 0.3 is 0 Å². The summed E-state index contributed by atoms with van der Waals surface area (Å²) < 4.78 is 0. The van der Waals surface area contributed by atoms with E-state index in [1.54, 1.807) is 0 Å². The van der Waals surface area contributed by atoms with Crippen LogP contribution >= 0.6 is 0 Å². The Labute approximate surface area is 94.0 Å². The monoisotopic (exact) mass is 202 g/mol. The van der Waals surface area contributed by atoms with Crippen molar-refractivity contribution in [1.29, 1.82) is 0 Å². The van der Waals surface area contributed by atoms with Crippen LogP contribution in [0.15, 0.2) is 18.2 Å². The van der Waals surface area contributed by atoms with Gasteiger partial charge in [0.25, 0.3) is 0 Å². The first kappa shape index (κ1) is 12.0. The van der Waals surface area contributed by atoms with Gasteiger partial charge < -0.3 is 0 Å². The summed E-state index contributed by atoms with van der Waals surface area (Å²) in [5.41, 5.74) is 5.69. The molecule has 0 saturated heterocycles. The van der Waals surface area contributed by atoms with E-state index in [1.807, 2.05) is 0 Å². The Morgan fingerprint density at radius 1 is 1.13 bits per heavy atom. The van der Waals surface area contributed by atoms with Crippen molar-refractivity contribution >= 4 is 6.08 Å². The van der Waals surface area contributed by atoms with Gasteiger partial charge in [0.1, 0.15) is 0 Å². The van der Waals surface area contributed by atoms with Gasteiger partial charge in [-0.1, -0.05) is 50.1 Å². The first-order valence-corrected chi connectivity index (χ1v) is 5.95. The molecule has 0 heterocycles. The van der Waals surface area contributed by atoms with Crippen LogP contribution in [0.3, 0.4) is 0 Å². The molecule has 0 fully saturated rings. The Balaban J connectivity index is 3.03. The largest absolute Gasteiger partial charge is 0.0839 e. The number of aryl methyl sites for hydroxylation is 2. The summed E-state index contributed by atoms with van der Waals surface area (Å²) in [6.07, 6.45) is 8.09. The number of rotatable bonds is 4. The summed E-state index contributed by atoms with van der Waals surface area (Å²) in [6.45, 7) is 8.83. The minimum Gasteiger partial charge on any atom is -0.0839 e. The molecule has 0 aliphatic heterocycles. The molecular formula is C15H22. The summed E-state index contributed by atoms with van der Waals surface area (Å²) in [5, 5.41) is 0. The first-order chi connectivity index (χ1) is 7.19. The van der Waals surface area contributed by atoms with Crippen molar-refractivity contribution < 1.29 is 0 Å². The van der Waals surface area contributed by atoms with Crippen LogP contribution in [0.5, 0.6) is 0 Å². The fraction of sp³-hybridized carbons (Fsp3) is 0.467. The number of benzene rings is 1. The summed E-state index contributed by atoms with van der Waals surface area (Å²) in [5.74, 6) is 0. The maximum Gasteiger partial charge on any atom is -0.0223 e. The number of hydrogen-bond acceptors (Lipinski definition) is 0. The molecule has 0 saturated carbocycles. The third kappa shape index (κ3) is 3.23. The Morgan fingerprint density at radius 2 is 1.87 bits per heavy atom. The second-order valence-corrected chi connectivity index (χ2v) is 4.19. The van der Waals surface area contributed by atoms with Gasteiger partial charge in [-0.05, 0) is 43.4 Å². The Morgan fingerprint density at radius 3 is 2.47 bits per heavy atom. The van der Waals surface area contributed by atoms with Crippen molar-refractivity contribution in [2.75, 3.05) is 0 Å². The summed E-state index contributed by atoms with van der Waals surface area (Å²) in [7, 11) is 0. The maximum absolute atomic E-state index is 2.29. The van der Waals surface area contributed by atoms with Crippen molar-refractivity contribution in [1.82, 2.24) is 0 Å². The van der Waals surface area contributed by atoms with Gasteiger partial charge in [0, 0.05) is 0 Å². The van der Waals surface area contributed by atoms with E-state index in [1.165, 1.54) is 35.1 Å². The summed E-state index contributed by atoms with van der Waals surface area (Å²) >= 11 is 0. The van der Waals surface area contributed by atoms with Gasteiger partial charge in [-0.3, -0.25) is 0 Å². The van der Waals surface area contributed by atoms with E-state index < -0.39 is 0 Å². The molecule has 0 aliphatic carbocycles. The minimum absolute atomic E-state index is 1.12. The fourth-order valence-electron chi connectivity index (χ4n) is 2.04. The number of allylic oxidation sites excluding steroid dienone is 1. The Bertz CT molecular complexity index is 345. The SMILES string of the molecule is CCC/C=C\c1cc(C)cc(C)c1CC. The molecule has 0 N–H and O–H groups in total. The zero-order valence-electron chi connectivity index (χ0n) is 10.4. The summed E-state index contributed by atoms with van der Waals surface area (Å²) in [4.78, 5) is 0. The molecule has 0 nitrogen and oxygen atoms in total. The minimum atomic E-state index is 1.12. The third-order valence-corrected chi connectivity index (χ3v) is 2.76. The van der Waals surface area contributed by atoms with E-state index in [0.717, 1.165) is 6.42 Å². The molecule has 82 valence electrons. The van der Waals surface area contributed by atoms with Crippen LogP contribution in [0.25, 0.3) is 6.08 Å². The van der Waals surface area contributed by atoms with Crippen molar-refractivity contribution in [3.8, 4) is 0 Å². The molecule has 0 aromatic heterocycles. The second-order valence-electron chi connectivity index (χ2n) is 4.19. The molecule has 15 heavy (non-hydrogen) atoms. The predicted octanol–water partition coefficient (Wildman–Crippen LogP) is 4.68. The van der Waals surface area contributed by atoms with Gasteiger partial charge in [-0.2, -0.15) is 0 Å². The van der Waals surface area contributed by atoms with Crippen LogP contribution in [0.1, 0.15) is 48.9 Å². The maximum atomic E-state index is 2.29. The lowest BCUT2D eigenvalue weighted by atomic mass is 9.96. The standard InChI is InChI=1S/C15H22/c1-5-7-8-9-14-11-12(3)10-13(4)15(14)6-2/h8-11H,5-7H2,1-4H3/b9-8-. The van der Waals surface area contributed by atoms with E-state index >= 15 is 0 Å².